The molecular weight excluding hydrogens is 332 g/mol. The summed E-state index contributed by atoms with van der Waals surface area (Å²) in [5, 5.41) is 2.89. The minimum atomic E-state index is -0.154. The van der Waals surface area contributed by atoms with E-state index in [1.54, 1.807) is 12.1 Å². The molecule has 2 atom stereocenters. The Morgan fingerprint density at radius 2 is 2.12 bits per heavy atom. The van der Waals surface area contributed by atoms with E-state index in [2.05, 4.69) is 16.3 Å². The van der Waals surface area contributed by atoms with Crippen molar-refractivity contribution in [3.8, 4) is 5.75 Å². The second-order valence-electron chi connectivity index (χ2n) is 6.68. The Morgan fingerprint density at radius 1 is 1.19 bits per heavy atom. The van der Waals surface area contributed by atoms with Crippen molar-refractivity contribution in [2.24, 2.45) is 0 Å². The summed E-state index contributed by atoms with van der Waals surface area (Å²) in [7, 11) is 0. The fourth-order valence-corrected chi connectivity index (χ4v) is 3.69. The zero-order valence-corrected chi connectivity index (χ0v) is 14.7. The van der Waals surface area contributed by atoms with Crippen LogP contribution in [0.2, 0.25) is 0 Å². The molecule has 0 bridgehead atoms. The van der Waals surface area contributed by atoms with Crippen LogP contribution < -0.4 is 10.1 Å². The number of fused-ring (bicyclic) bond motifs is 3. The number of nitrogens with zero attached hydrogens (tertiary/aromatic N) is 1. The minimum absolute atomic E-state index is 0.0901. The number of amides is 1. The van der Waals surface area contributed by atoms with Crippen LogP contribution in [-0.2, 0) is 4.74 Å². The van der Waals surface area contributed by atoms with E-state index < -0.39 is 0 Å². The van der Waals surface area contributed by atoms with Crippen LogP contribution in [0.1, 0.15) is 35.1 Å². The van der Waals surface area contributed by atoms with Gasteiger partial charge in [0.25, 0.3) is 5.91 Å². The van der Waals surface area contributed by atoms with Gasteiger partial charge < -0.3 is 19.2 Å². The number of para-hydroxylation sites is 1. The quantitative estimate of drug-likeness (QED) is 0.806. The average molecular weight is 356 g/mol. The van der Waals surface area contributed by atoms with Crippen LogP contribution in [-0.4, -0.2) is 49.7 Å². The molecule has 1 fully saturated rings. The predicted molar refractivity (Wildman–Crippen MR) is 96.3 cm³/mol. The van der Waals surface area contributed by atoms with E-state index in [1.807, 2.05) is 18.2 Å². The number of furan rings is 1. The number of morpholine rings is 1. The lowest BCUT2D eigenvalue weighted by Crippen LogP contribution is -2.52. The van der Waals surface area contributed by atoms with Gasteiger partial charge in [0.05, 0.1) is 18.9 Å². The third kappa shape index (κ3) is 3.61. The summed E-state index contributed by atoms with van der Waals surface area (Å²) < 4.78 is 17.1. The van der Waals surface area contributed by atoms with Crippen molar-refractivity contribution in [1.82, 2.24) is 10.2 Å². The average Bonchev–Trinajstić information content (AvgIpc) is 3.22. The molecule has 3 heterocycles. The topological polar surface area (TPSA) is 63.9 Å². The van der Waals surface area contributed by atoms with Crippen molar-refractivity contribution in [2.75, 3.05) is 32.8 Å². The van der Waals surface area contributed by atoms with Gasteiger partial charge in [0.1, 0.15) is 18.5 Å². The Morgan fingerprint density at radius 3 is 3.00 bits per heavy atom. The molecule has 0 aliphatic carbocycles. The van der Waals surface area contributed by atoms with Crippen LogP contribution in [0.5, 0.6) is 5.75 Å². The van der Waals surface area contributed by atoms with Gasteiger partial charge in [-0.2, -0.15) is 0 Å². The molecule has 2 aliphatic heterocycles. The smallest absolute Gasteiger partial charge is 0.286 e. The number of nitrogens with one attached hydrogen (secondary N) is 1. The highest BCUT2D eigenvalue weighted by Gasteiger charge is 2.38. The second-order valence-corrected chi connectivity index (χ2v) is 6.68. The molecule has 0 spiro atoms. The standard InChI is InChI=1S/C20H24N2O4/c23-20(18-8-5-12-24-18)21-9-3-4-10-22-11-13-25-19-15-6-1-2-7-17(15)26-14-16(19)22/h1-2,5-8,12,16,19H,3-4,9-11,13-14H2,(H,21,23)/t16-,19-/m1/s1. The molecule has 0 saturated carbocycles. The predicted octanol–water partition coefficient (Wildman–Crippen LogP) is 2.62. The maximum absolute atomic E-state index is 11.8. The lowest BCUT2D eigenvalue weighted by Gasteiger charge is -2.44. The van der Waals surface area contributed by atoms with Gasteiger partial charge in [0.2, 0.25) is 0 Å². The van der Waals surface area contributed by atoms with Gasteiger partial charge in [-0.15, -0.1) is 0 Å². The summed E-state index contributed by atoms with van der Waals surface area (Å²) >= 11 is 0. The number of unbranched alkanes of at least 4 members (excludes halogenated alkanes) is 1. The van der Waals surface area contributed by atoms with Crippen molar-refractivity contribution in [1.29, 1.82) is 0 Å². The van der Waals surface area contributed by atoms with E-state index in [0.717, 1.165) is 43.9 Å². The number of hydrogen-bond acceptors (Lipinski definition) is 5. The van der Waals surface area contributed by atoms with Gasteiger partial charge in [-0.05, 0) is 37.6 Å². The largest absolute Gasteiger partial charge is 0.491 e. The number of ether oxygens (including phenoxy) is 2. The lowest BCUT2D eigenvalue weighted by atomic mass is 9.96. The van der Waals surface area contributed by atoms with Crippen molar-refractivity contribution in [2.45, 2.75) is 25.0 Å². The maximum atomic E-state index is 11.8. The molecule has 0 unspecified atom stereocenters. The Kier molecular flexibility index (Phi) is 5.22. The van der Waals surface area contributed by atoms with E-state index in [4.69, 9.17) is 13.9 Å². The number of carbonyl (C=O) groups is 1. The molecule has 138 valence electrons. The number of rotatable bonds is 6. The molecule has 26 heavy (non-hydrogen) atoms. The molecular formula is C20H24N2O4. The highest BCUT2D eigenvalue weighted by molar-refractivity contribution is 5.91. The normalized spacial score (nSPS) is 22.2. The van der Waals surface area contributed by atoms with E-state index in [0.29, 0.717) is 18.9 Å². The van der Waals surface area contributed by atoms with Crippen molar-refractivity contribution < 1.29 is 18.7 Å². The molecule has 1 amide bonds. The zero-order valence-electron chi connectivity index (χ0n) is 14.7. The first-order valence-electron chi connectivity index (χ1n) is 9.22. The highest BCUT2D eigenvalue weighted by atomic mass is 16.5. The summed E-state index contributed by atoms with van der Waals surface area (Å²) in [6, 6.07) is 11.8. The Hall–Kier alpha value is -2.31. The minimum Gasteiger partial charge on any atom is -0.491 e. The summed E-state index contributed by atoms with van der Waals surface area (Å²) in [6.45, 7) is 3.96. The van der Waals surface area contributed by atoms with Gasteiger partial charge in [-0.3, -0.25) is 9.69 Å². The number of carbonyl (C=O) groups excluding carboxylic acids is 1. The monoisotopic (exact) mass is 356 g/mol. The molecule has 1 aromatic heterocycles. The molecule has 6 heteroatoms. The highest BCUT2D eigenvalue weighted by Crippen LogP contribution is 2.38. The van der Waals surface area contributed by atoms with E-state index >= 15 is 0 Å². The number of hydrogen-bond donors (Lipinski definition) is 1. The van der Waals surface area contributed by atoms with E-state index in [9.17, 15) is 4.79 Å². The molecule has 1 N–H and O–H groups in total. The fourth-order valence-electron chi connectivity index (χ4n) is 3.69. The first kappa shape index (κ1) is 17.1. The Balaban J connectivity index is 1.25. The second kappa shape index (κ2) is 7.93. The molecule has 0 radical (unpaired) electrons. The van der Waals surface area contributed by atoms with Gasteiger partial charge in [-0.1, -0.05) is 18.2 Å². The molecule has 2 aromatic rings. The molecule has 6 nitrogen and oxygen atoms in total. The Labute approximate surface area is 153 Å². The van der Waals surface area contributed by atoms with Gasteiger partial charge in [-0.25, -0.2) is 0 Å². The lowest BCUT2D eigenvalue weighted by molar-refractivity contribution is -0.0960. The van der Waals surface area contributed by atoms with Crippen LogP contribution in [0.15, 0.2) is 47.1 Å². The van der Waals surface area contributed by atoms with Crippen molar-refractivity contribution >= 4 is 5.91 Å². The van der Waals surface area contributed by atoms with E-state index in [-0.39, 0.29) is 18.1 Å². The first-order valence-corrected chi connectivity index (χ1v) is 9.22. The van der Waals surface area contributed by atoms with Crippen LogP contribution in [0.4, 0.5) is 0 Å². The summed E-state index contributed by atoms with van der Waals surface area (Å²) in [5.74, 6) is 1.15. The van der Waals surface area contributed by atoms with Crippen LogP contribution in [0, 0.1) is 0 Å². The van der Waals surface area contributed by atoms with E-state index in [1.165, 1.54) is 6.26 Å². The van der Waals surface area contributed by atoms with Crippen molar-refractivity contribution in [3.63, 3.8) is 0 Å². The maximum Gasteiger partial charge on any atom is 0.286 e. The number of benzene rings is 1. The molecule has 4 rings (SSSR count). The van der Waals surface area contributed by atoms with Crippen LogP contribution in [0.25, 0.3) is 0 Å². The van der Waals surface area contributed by atoms with Crippen LogP contribution >= 0.6 is 0 Å². The Bertz CT molecular complexity index is 731. The van der Waals surface area contributed by atoms with Crippen molar-refractivity contribution in [3.05, 3.63) is 54.0 Å². The van der Waals surface area contributed by atoms with Gasteiger partial charge in [0, 0.05) is 18.7 Å². The fraction of sp³-hybridized carbons (Fsp3) is 0.450. The molecule has 1 saturated heterocycles. The van der Waals surface area contributed by atoms with Gasteiger partial charge >= 0.3 is 0 Å². The third-order valence-electron chi connectivity index (χ3n) is 5.03. The zero-order chi connectivity index (χ0) is 17.8. The SMILES string of the molecule is O=C(NCCCCN1CCO[C@@H]2c3ccccc3OC[C@H]21)c1ccco1. The first-order chi connectivity index (χ1) is 12.8. The van der Waals surface area contributed by atoms with Crippen LogP contribution in [0.3, 0.4) is 0 Å². The van der Waals surface area contributed by atoms with Gasteiger partial charge in [0.15, 0.2) is 5.76 Å². The summed E-state index contributed by atoms with van der Waals surface area (Å²) in [4.78, 5) is 14.3. The summed E-state index contributed by atoms with van der Waals surface area (Å²) in [5.41, 5.74) is 1.15. The third-order valence-corrected chi connectivity index (χ3v) is 5.03. The molecule has 2 aliphatic rings. The summed E-state index contributed by atoms with van der Waals surface area (Å²) in [6.07, 6.45) is 3.54. The molecule has 1 aromatic carbocycles.